The minimum absolute atomic E-state index is 0.520. The average Bonchev–Trinajstić information content (AvgIpc) is 2.56. The SMILES string of the molecule is CCC1CCCC(N2CCNC(c3ccccc3)C2)C1. The van der Waals surface area contributed by atoms with Gasteiger partial charge in [0.1, 0.15) is 0 Å². The maximum atomic E-state index is 3.69. The summed E-state index contributed by atoms with van der Waals surface area (Å²) in [4.78, 5) is 2.76. The third-order valence-electron chi connectivity index (χ3n) is 5.26. The molecule has 0 amide bonds. The molecule has 20 heavy (non-hydrogen) atoms. The van der Waals surface area contributed by atoms with E-state index >= 15 is 0 Å². The minimum Gasteiger partial charge on any atom is -0.308 e. The van der Waals surface area contributed by atoms with Gasteiger partial charge in [0.25, 0.3) is 0 Å². The van der Waals surface area contributed by atoms with Crippen molar-refractivity contribution in [2.75, 3.05) is 19.6 Å². The number of rotatable bonds is 3. The minimum atomic E-state index is 0.520. The van der Waals surface area contributed by atoms with Crippen LogP contribution in [0.15, 0.2) is 30.3 Å². The quantitative estimate of drug-likeness (QED) is 0.904. The van der Waals surface area contributed by atoms with Crippen LogP contribution in [0.1, 0.15) is 50.6 Å². The maximum Gasteiger partial charge on any atom is 0.0449 e. The molecule has 2 nitrogen and oxygen atoms in total. The van der Waals surface area contributed by atoms with Crippen molar-refractivity contribution in [1.29, 1.82) is 0 Å². The molecule has 0 aromatic heterocycles. The molecular weight excluding hydrogens is 244 g/mol. The van der Waals surface area contributed by atoms with Gasteiger partial charge < -0.3 is 5.32 Å². The van der Waals surface area contributed by atoms with Gasteiger partial charge in [-0.25, -0.2) is 0 Å². The van der Waals surface area contributed by atoms with Gasteiger partial charge >= 0.3 is 0 Å². The molecule has 1 aliphatic heterocycles. The summed E-state index contributed by atoms with van der Waals surface area (Å²) >= 11 is 0. The normalized spacial score (nSPS) is 32.1. The standard InChI is InChI=1S/C18H28N2/c1-2-15-7-6-10-17(13-15)20-12-11-19-18(14-20)16-8-4-3-5-9-16/h3-5,8-9,15,17-19H,2,6-7,10-14H2,1H3. The summed E-state index contributed by atoms with van der Waals surface area (Å²) in [5.41, 5.74) is 1.44. The molecule has 1 N–H and O–H groups in total. The van der Waals surface area contributed by atoms with E-state index in [1.54, 1.807) is 0 Å². The molecule has 3 rings (SSSR count). The van der Waals surface area contributed by atoms with Crippen molar-refractivity contribution in [2.24, 2.45) is 5.92 Å². The summed E-state index contributed by atoms with van der Waals surface area (Å²) in [5, 5.41) is 3.69. The molecule has 0 radical (unpaired) electrons. The lowest BCUT2D eigenvalue weighted by Gasteiger charge is -2.42. The summed E-state index contributed by atoms with van der Waals surface area (Å²) in [6.45, 7) is 5.90. The highest BCUT2D eigenvalue weighted by molar-refractivity contribution is 5.19. The van der Waals surface area contributed by atoms with Gasteiger partial charge in [-0.3, -0.25) is 4.90 Å². The molecule has 1 saturated carbocycles. The van der Waals surface area contributed by atoms with Crippen molar-refractivity contribution >= 4 is 0 Å². The van der Waals surface area contributed by atoms with Crippen LogP contribution >= 0.6 is 0 Å². The Balaban J connectivity index is 1.63. The zero-order valence-electron chi connectivity index (χ0n) is 12.7. The summed E-state index contributed by atoms with van der Waals surface area (Å²) < 4.78 is 0. The average molecular weight is 272 g/mol. The van der Waals surface area contributed by atoms with Crippen LogP contribution in [0.2, 0.25) is 0 Å². The van der Waals surface area contributed by atoms with E-state index in [0.29, 0.717) is 6.04 Å². The van der Waals surface area contributed by atoms with Crippen molar-refractivity contribution in [3.8, 4) is 0 Å². The van der Waals surface area contributed by atoms with Gasteiger partial charge in [-0.2, -0.15) is 0 Å². The Hall–Kier alpha value is -0.860. The number of piperazine rings is 1. The van der Waals surface area contributed by atoms with Crippen LogP contribution in [0.25, 0.3) is 0 Å². The van der Waals surface area contributed by atoms with Gasteiger partial charge in [0.05, 0.1) is 0 Å². The van der Waals surface area contributed by atoms with Crippen molar-refractivity contribution in [3.63, 3.8) is 0 Å². The first-order valence-corrected chi connectivity index (χ1v) is 8.39. The van der Waals surface area contributed by atoms with Crippen LogP contribution in [0.5, 0.6) is 0 Å². The highest BCUT2D eigenvalue weighted by Crippen LogP contribution is 2.31. The van der Waals surface area contributed by atoms with Gasteiger partial charge in [-0.1, -0.05) is 56.5 Å². The molecule has 0 spiro atoms. The molecule has 2 aliphatic rings. The van der Waals surface area contributed by atoms with Crippen LogP contribution in [-0.4, -0.2) is 30.6 Å². The largest absolute Gasteiger partial charge is 0.308 e. The van der Waals surface area contributed by atoms with Crippen LogP contribution in [-0.2, 0) is 0 Å². The van der Waals surface area contributed by atoms with Gasteiger partial charge in [-0.15, -0.1) is 0 Å². The molecule has 1 aliphatic carbocycles. The van der Waals surface area contributed by atoms with Crippen molar-refractivity contribution in [2.45, 2.75) is 51.1 Å². The molecule has 0 bridgehead atoms. The number of hydrogen-bond donors (Lipinski definition) is 1. The fourth-order valence-corrected chi connectivity index (χ4v) is 3.98. The highest BCUT2D eigenvalue weighted by atomic mass is 15.2. The Morgan fingerprint density at radius 3 is 2.85 bits per heavy atom. The van der Waals surface area contributed by atoms with Crippen molar-refractivity contribution in [3.05, 3.63) is 35.9 Å². The van der Waals surface area contributed by atoms with Crippen LogP contribution < -0.4 is 5.32 Å². The van der Waals surface area contributed by atoms with Crippen LogP contribution in [0, 0.1) is 5.92 Å². The summed E-state index contributed by atoms with van der Waals surface area (Å²) in [6.07, 6.45) is 7.10. The highest BCUT2D eigenvalue weighted by Gasteiger charge is 2.29. The van der Waals surface area contributed by atoms with E-state index in [2.05, 4.69) is 47.5 Å². The molecule has 1 aromatic rings. The van der Waals surface area contributed by atoms with E-state index in [9.17, 15) is 0 Å². The Morgan fingerprint density at radius 1 is 1.20 bits per heavy atom. The van der Waals surface area contributed by atoms with Crippen molar-refractivity contribution < 1.29 is 0 Å². The monoisotopic (exact) mass is 272 g/mol. The van der Waals surface area contributed by atoms with Gasteiger partial charge in [-0.05, 0) is 24.3 Å². The van der Waals surface area contributed by atoms with Crippen LogP contribution in [0.3, 0.4) is 0 Å². The first-order valence-electron chi connectivity index (χ1n) is 8.39. The number of nitrogens with zero attached hydrogens (tertiary/aromatic N) is 1. The Kier molecular flexibility index (Phi) is 4.74. The third-order valence-corrected chi connectivity index (χ3v) is 5.26. The number of hydrogen-bond acceptors (Lipinski definition) is 2. The lowest BCUT2D eigenvalue weighted by atomic mass is 9.83. The second-order valence-electron chi connectivity index (χ2n) is 6.51. The second kappa shape index (κ2) is 6.73. The molecule has 1 heterocycles. The number of nitrogens with one attached hydrogen (secondary N) is 1. The predicted molar refractivity (Wildman–Crippen MR) is 84.8 cm³/mol. The smallest absolute Gasteiger partial charge is 0.0449 e. The van der Waals surface area contributed by atoms with E-state index in [1.807, 2.05) is 0 Å². The Bertz CT molecular complexity index is 403. The van der Waals surface area contributed by atoms with E-state index in [1.165, 1.54) is 50.8 Å². The van der Waals surface area contributed by atoms with E-state index in [-0.39, 0.29) is 0 Å². The molecule has 1 aromatic carbocycles. The molecule has 3 unspecified atom stereocenters. The van der Waals surface area contributed by atoms with Crippen LogP contribution in [0.4, 0.5) is 0 Å². The van der Waals surface area contributed by atoms with Gasteiger partial charge in [0.2, 0.25) is 0 Å². The third kappa shape index (κ3) is 3.24. The summed E-state index contributed by atoms with van der Waals surface area (Å²) in [7, 11) is 0. The second-order valence-corrected chi connectivity index (χ2v) is 6.51. The van der Waals surface area contributed by atoms with Gasteiger partial charge in [0.15, 0.2) is 0 Å². The molecular formula is C18H28N2. The topological polar surface area (TPSA) is 15.3 Å². The fourth-order valence-electron chi connectivity index (χ4n) is 3.98. The molecule has 110 valence electrons. The van der Waals surface area contributed by atoms with E-state index in [4.69, 9.17) is 0 Å². The molecule has 2 fully saturated rings. The Morgan fingerprint density at radius 2 is 2.05 bits per heavy atom. The Labute approximate surface area is 123 Å². The summed E-state index contributed by atoms with van der Waals surface area (Å²) in [5.74, 6) is 0.971. The lowest BCUT2D eigenvalue weighted by molar-refractivity contribution is 0.0956. The summed E-state index contributed by atoms with van der Waals surface area (Å²) in [6, 6.07) is 12.3. The molecule has 2 heteroatoms. The first kappa shape index (κ1) is 14.1. The first-order chi connectivity index (χ1) is 9.86. The molecule has 1 saturated heterocycles. The zero-order valence-corrected chi connectivity index (χ0v) is 12.7. The predicted octanol–water partition coefficient (Wildman–Crippen LogP) is 3.60. The van der Waals surface area contributed by atoms with Crippen molar-refractivity contribution in [1.82, 2.24) is 10.2 Å². The fraction of sp³-hybridized carbons (Fsp3) is 0.667. The molecule has 3 atom stereocenters. The maximum absolute atomic E-state index is 3.69. The van der Waals surface area contributed by atoms with E-state index in [0.717, 1.165) is 18.5 Å². The number of benzene rings is 1. The lowest BCUT2D eigenvalue weighted by Crippen LogP contribution is -2.51. The zero-order chi connectivity index (χ0) is 13.8. The van der Waals surface area contributed by atoms with Gasteiger partial charge in [0, 0.05) is 31.7 Å². The van der Waals surface area contributed by atoms with E-state index < -0.39 is 0 Å².